The number of carbonyl (C=O) groups excluding carboxylic acids is 2. The molecule has 2 aliphatic rings. The molecule has 6 heteroatoms. The summed E-state index contributed by atoms with van der Waals surface area (Å²) in [6.45, 7) is 8.39. The van der Waals surface area contributed by atoms with Crippen LogP contribution in [0.2, 0.25) is 0 Å². The van der Waals surface area contributed by atoms with Crippen LogP contribution < -0.4 is 9.80 Å². The van der Waals surface area contributed by atoms with Gasteiger partial charge in [-0.3, -0.25) is 14.5 Å². The van der Waals surface area contributed by atoms with Crippen LogP contribution in [0.25, 0.3) is 0 Å². The smallest absolute Gasteiger partial charge is 0.251 e. The maximum atomic E-state index is 14.1. The minimum atomic E-state index is -0.439. The van der Waals surface area contributed by atoms with Crippen molar-refractivity contribution < 1.29 is 14.0 Å². The molecule has 4 rings (SSSR count). The predicted molar refractivity (Wildman–Crippen MR) is 112 cm³/mol. The molecule has 2 saturated heterocycles. The van der Waals surface area contributed by atoms with Crippen LogP contribution in [0, 0.1) is 26.6 Å². The summed E-state index contributed by atoms with van der Waals surface area (Å²) in [5.74, 6) is -0.527. The van der Waals surface area contributed by atoms with Crippen molar-refractivity contribution in [1.82, 2.24) is 4.90 Å². The fourth-order valence-electron chi connectivity index (χ4n) is 4.64. The second-order valence-corrected chi connectivity index (χ2v) is 8.01. The van der Waals surface area contributed by atoms with E-state index in [4.69, 9.17) is 0 Å². The highest BCUT2D eigenvalue weighted by molar-refractivity contribution is 6.23. The molecular formula is C23H26FN3O2. The van der Waals surface area contributed by atoms with Gasteiger partial charge < -0.3 is 4.90 Å². The van der Waals surface area contributed by atoms with Gasteiger partial charge in [-0.15, -0.1) is 0 Å². The molecule has 0 bridgehead atoms. The number of halogens is 1. The normalized spacial score (nSPS) is 20.6. The molecule has 0 saturated carbocycles. The molecule has 2 amide bonds. The van der Waals surface area contributed by atoms with Gasteiger partial charge in [0, 0.05) is 26.2 Å². The second kappa shape index (κ2) is 7.59. The zero-order valence-corrected chi connectivity index (χ0v) is 17.1. The zero-order valence-electron chi connectivity index (χ0n) is 17.1. The van der Waals surface area contributed by atoms with Gasteiger partial charge in [-0.05, 0) is 44.0 Å². The number of rotatable bonds is 3. The van der Waals surface area contributed by atoms with E-state index in [9.17, 15) is 14.0 Å². The molecule has 2 aliphatic heterocycles. The van der Waals surface area contributed by atoms with E-state index in [1.54, 1.807) is 12.1 Å². The number of imide groups is 1. The maximum Gasteiger partial charge on any atom is 0.251 e. The third-order valence-corrected chi connectivity index (χ3v) is 5.93. The Morgan fingerprint density at radius 3 is 2.17 bits per heavy atom. The van der Waals surface area contributed by atoms with Crippen LogP contribution in [-0.4, -0.2) is 48.9 Å². The van der Waals surface area contributed by atoms with E-state index in [2.05, 4.69) is 4.90 Å². The highest BCUT2D eigenvalue weighted by atomic mass is 19.1. The summed E-state index contributed by atoms with van der Waals surface area (Å²) in [5.41, 5.74) is 4.30. The SMILES string of the molecule is Cc1cc(C)c(N2C(=O)CC(N3CCN(c4ccccc4F)CC3)C2=O)c(C)c1. The summed E-state index contributed by atoms with van der Waals surface area (Å²) in [7, 11) is 0. The topological polar surface area (TPSA) is 43.9 Å². The third-order valence-electron chi connectivity index (χ3n) is 5.93. The number of piperazine rings is 1. The van der Waals surface area contributed by atoms with Gasteiger partial charge in [-0.1, -0.05) is 29.8 Å². The van der Waals surface area contributed by atoms with Gasteiger partial charge >= 0.3 is 0 Å². The van der Waals surface area contributed by atoms with Crippen molar-refractivity contribution >= 4 is 23.2 Å². The number of hydrogen-bond acceptors (Lipinski definition) is 4. The molecule has 0 aliphatic carbocycles. The van der Waals surface area contributed by atoms with Gasteiger partial charge in [0.2, 0.25) is 5.91 Å². The van der Waals surface area contributed by atoms with Crippen molar-refractivity contribution in [2.24, 2.45) is 0 Å². The molecule has 0 aromatic heterocycles. The highest BCUT2D eigenvalue weighted by Gasteiger charge is 2.44. The second-order valence-electron chi connectivity index (χ2n) is 8.01. The Kier molecular flexibility index (Phi) is 5.13. The van der Waals surface area contributed by atoms with E-state index in [0.29, 0.717) is 31.9 Å². The number of nitrogens with zero attached hydrogens (tertiary/aromatic N) is 3. The first kappa shape index (κ1) is 19.6. The molecule has 2 aromatic rings. The van der Waals surface area contributed by atoms with Crippen molar-refractivity contribution in [3.63, 3.8) is 0 Å². The minimum absolute atomic E-state index is 0.147. The van der Waals surface area contributed by atoms with E-state index in [0.717, 1.165) is 22.4 Å². The number of carbonyl (C=O) groups is 2. The molecule has 0 spiro atoms. The van der Waals surface area contributed by atoms with Gasteiger partial charge in [0.05, 0.1) is 23.8 Å². The summed E-state index contributed by atoms with van der Waals surface area (Å²) in [5, 5.41) is 0. The summed E-state index contributed by atoms with van der Waals surface area (Å²) < 4.78 is 14.1. The molecule has 1 unspecified atom stereocenters. The zero-order chi connectivity index (χ0) is 20.7. The van der Waals surface area contributed by atoms with Crippen LogP contribution >= 0.6 is 0 Å². The number of anilines is 2. The molecule has 29 heavy (non-hydrogen) atoms. The summed E-state index contributed by atoms with van der Waals surface area (Å²) in [6.07, 6.45) is 0.200. The van der Waals surface area contributed by atoms with Crippen molar-refractivity contribution in [2.45, 2.75) is 33.2 Å². The first-order valence-electron chi connectivity index (χ1n) is 10.0. The Balaban J connectivity index is 1.50. The molecule has 0 N–H and O–H groups in total. The fraction of sp³-hybridized carbons (Fsp3) is 0.391. The minimum Gasteiger partial charge on any atom is -0.367 e. The molecular weight excluding hydrogens is 369 g/mol. The van der Waals surface area contributed by atoms with Gasteiger partial charge in [-0.2, -0.15) is 0 Å². The molecule has 0 radical (unpaired) electrons. The lowest BCUT2D eigenvalue weighted by molar-refractivity contribution is -0.123. The highest BCUT2D eigenvalue weighted by Crippen LogP contribution is 2.32. The lowest BCUT2D eigenvalue weighted by atomic mass is 10.0. The Labute approximate surface area is 170 Å². The first-order valence-corrected chi connectivity index (χ1v) is 10.0. The van der Waals surface area contributed by atoms with E-state index >= 15 is 0 Å². The van der Waals surface area contributed by atoms with Crippen LogP contribution in [0.5, 0.6) is 0 Å². The number of amides is 2. The number of hydrogen-bond donors (Lipinski definition) is 0. The average molecular weight is 395 g/mol. The predicted octanol–water partition coefficient (Wildman–Crippen LogP) is 3.21. The number of aryl methyl sites for hydroxylation is 3. The summed E-state index contributed by atoms with van der Waals surface area (Å²) in [4.78, 5) is 31.4. The van der Waals surface area contributed by atoms with Gasteiger partial charge in [-0.25, -0.2) is 9.29 Å². The Hall–Kier alpha value is -2.73. The van der Waals surface area contributed by atoms with Crippen molar-refractivity contribution in [2.75, 3.05) is 36.0 Å². The van der Waals surface area contributed by atoms with Crippen molar-refractivity contribution in [1.29, 1.82) is 0 Å². The fourth-order valence-corrected chi connectivity index (χ4v) is 4.64. The number of benzene rings is 2. The van der Waals surface area contributed by atoms with E-state index in [1.165, 1.54) is 11.0 Å². The quantitative estimate of drug-likeness (QED) is 0.749. The largest absolute Gasteiger partial charge is 0.367 e. The van der Waals surface area contributed by atoms with Crippen LogP contribution in [0.4, 0.5) is 15.8 Å². The maximum absolute atomic E-state index is 14.1. The Morgan fingerprint density at radius 1 is 0.931 bits per heavy atom. The van der Waals surface area contributed by atoms with Gasteiger partial charge in [0.25, 0.3) is 5.91 Å². The van der Waals surface area contributed by atoms with E-state index < -0.39 is 6.04 Å². The van der Waals surface area contributed by atoms with Gasteiger partial charge in [0.1, 0.15) is 5.82 Å². The Bertz CT molecular complexity index is 943. The van der Waals surface area contributed by atoms with Crippen LogP contribution in [0.15, 0.2) is 36.4 Å². The molecule has 2 aromatic carbocycles. The van der Waals surface area contributed by atoms with Gasteiger partial charge in [0.15, 0.2) is 0 Å². The van der Waals surface area contributed by atoms with Crippen LogP contribution in [-0.2, 0) is 9.59 Å². The first-order chi connectivity index (χ1) is 13.9. The Morgan fingerprint density at radius 2 is 1.55 bits per heavy atom. The van der Waals surface area contributed by atoms with Crippen molar-refractivity contribution in [3.8, 4) is 0 Å². The standard InChI is InChI=1S/C23H26FN3O2/c1-15-12-16(2)22(17(3)13-15)27-21(28)14-20(23(27)29)26-10-8-25(9-11-26)19-7-5-4-6-18(19)24/h4-7,12-13,20H,8-11,14H2,1-3H3. The van der Waals surface area contributed by atoms with Crippen molar-refractivity contribution in [3.05, 3.63) is 58.9 Å². The van der Waals surface area contributed by atoms with Crippen LogP contribution in [0.1, 0.15) is 23.1 Å². The van der Waals surface area contributed by atoms with E-state index in [1.807, 2.05) is 43.9 Å². The molecule has 1 atom stereocenters. The average Bonchev–Trinajstić information content (AvgIpc) is 2.97. The van der Waals surface area contributed by atoms with E-state index in [-0.39, 0.29) is 24.1 Å². The lowest BCUT2D eigenvalue weighted by Gasteiger charge is -2.38. The molecule has 2 heterocycles. The summed E-state index contributed by atoms with van der Waals surface area (Å²) >= 11 is 0. The monoisotopic (exact) mass is 395 g/mol. The lowest BCUT2D eigenvalue weighted by Crippen LogP contribution is -2.52. The van der Waals surface area contributed by atoms with Crippen LogP contribution in [0.3, 0.4) is 0 Å². The molecule has 2 fully saturated rings. The number of para-hydroxylation sites is 1. The molecule has 152 valence electrons. The molecule has 5 nitrogen and oxygen atoms in total. The summed E-state index contributed by atoms with van der Waals surface area (Å²) in [6, 6.07) is 10.3. The third kappa shape index (κ3) is 3.53.